The Labute approximate surface area is 131 Å². The van der Waals surface area contributed by atoms with Crippen molar-refractivity contribution in [3.63, 3.8) is 0 Å². The van der Waals surface area contributed by atoms with Crippen LogP contribution in [-0.4, -0.2) is 35.7 Å². The second-order valence-corrected chi connectivity index (χ2v) is 9.01. The first-order valence-corrected chi connectivity index (χ1v) is 10.3. The van der Waals surface area contributed by atoms with Crippen LogP contribution in [0.1, 0.15) is 31.9 Å². The fourth-order valence-corrected chi connectivity index (χ4v) is 4.80. The lowest BCUT2D eigenvalue weighted by molar-refractivity contribution is 0.514. The van der Waals surface area contributed by atoms with Gasteiger partial charge in [0.2, 0.25) is 10.0 Å². The summed E-state index contributed by atoms with van der Waals surface area (Å²) in [6.45, 7) is 3.71. The van der Waals surface area contributed by atoms with Crippen molar-refractivity contribution >= 4 is 25.9 Å². The molecule has 124 valence electrons. The van der Waals surface area contributed by atoms with Crippen molar-refractivity contribution in [3.05, 3.63) is 29.8 Å². The number of anilines is 1. The summed E-state index contributed by atoms with van der Waals surface area (Å²) in [5, 5.41) is 0. The van der Waals surface area contributed by atoms with E-state index in [9.17, 15) is 16.8 Å². The highest BCUT2D eigenvalue weighted by molar-refractivity contribution is 7.92. The van der Waals surface area contributed by atoms with Crippen LogP contribution in [0.25, 0.3) is 0 Å². The first-order valence-electron chi connectivity index (χ1n) is 6.96. The molecule has 1 heterocycles. The van der Waals surface area contributed by atoms with Gasteiger partial charge < -0.3 is 0 Å². The summed E-state index contributed by atoms with van der Waals surface area (Å²) in [4.78, 5) is 0. The maximum Gasteiger partial charge on any atom is 0.277 e. The molecule has 0 saturated carbocycles. The number of benzene rings is 1. The predicted octanol–water partition coefficient (Wildman–Crippen LogP) is 0.730. The third-order valence-corrected chi connectivity index (χ3v) is 5.85. The van der Waals surface area contributed by atoms with E-state index in [1.54, 1.807) is 38.1 Å². The Morgan fingerprint density at radius 3 is 2.41 bits per heavy atom. The zero-order valence-corrected chi connectivity index (χ0v) is 14.4. The number of hydrogen-bond donors (Lipinski definition) is 2. The molecule has 1 aliphatic heterocycles. The van der Waals surface area contributed by atoms with E-state index in [4.69, 9.17) is 0 Å². The Balaban J connectivity index is 2.34. The Morgan fingerprint density at radius 1 is 1.18 bits per heavy atom. The van der Waals surface area contributed by atoms with Crippen LogP contribution < -0.4 is 13.7 Å². The van der Waals surface area contributed by atoms with Crippen LogP contribution in [0.3, 0.4) is 0 Å². The summed E-state index contributed by atoms with van der Waals surface area (Å²) in [6, 6.07) is 6.26. The van der Waals surface area contributed by atoms with Crippen LogP contribution in [0, 0.1) is 0 Å². The minimum Gasteiger partial charge on any atom is -0.270 e. The molecular formula is C13H21N3O4S2. The van der Waals surface area contributed by atoms with Crippen LogP contribution in [0.5, 0.6) is 0 Å². The molecule has 0 fully saturated rings. The van der Waals surface area contributed by atoms with E-state index >= 15 is 0 Å². The highest BCUT2D eigenvalue weighted by Gasteiger charge is 2.31. The first kappa shape index (κ1) is 17.2. The maximum absolute atomic E-state index is 12.0. The number of para-hydroxylation sites is 1. The van der Waals surface area contributed by atoms with Gasteiger partial charge in [0, 0.05) is 12.6 Å². The molecule has 9 heteroatoms. The van der Waals surface area contributed by atoms with Crippen molar-refractivity contribution in [3.8, 4) is 0 Å². The molecule has 0 aliphatic carbocycles. The van der Waals surface area contributed by atoms with Crippen molar-refractivity contribution in [1.82, 2.24) is 9.44 Å². The van der Waals surface area contributed by atoms with E-state index in [0.29, 0.717) is 17.7 Å². The number of nitrogens with one attached hydrogen (secondary N) is 2. The molecule has 7 nitrogen and oxygen atoms in total. The molecule has 0 aromatic heterocycles. The highest BCUT2D eigenvalue weighted by atomic mass is 32.2. The number of nitrogens with zero attached hydrogens (tertiary/aromatic N) is 1. The second kappa shape index (κ2) is 6.15. The topological polar surface area (TPSA) is 95.6 Å². The molecular weight excluding hydrogens is 326 g/mol. The molecule has 1 aromatic rings. The average Bonchev–Trinajstić information content (AvgIpc) is 2.35. The first-order chi connectivity index (χ1) is 10.1. The molecule has 0 amide bonds. The standard InChI is InChI=1S/C13H21N3O4S2/c1-10(2)14-22(19,20)15-12-8-9-16(21(3,17)18)13-7-5-4-6-11(12)13/h4-7,10,12,14-15H,8-9H2,1-3H3. The molecule has 0 spiro atoms. The quantitative estimate of drug-likeness (QED) is 0.821. The van der Waals surface area contributed by atoms with E-state index in [-0.39, 0.29) is 12.6 Å². The smallest absolute Gasteiger partial charge is 0.270 e. The molecule has 1 aromatic carbocycles. The monoisotopic (exact) mass is 347 g/mol. The van der Waals surface area contributed by atoms with Crippen molar-refractivity contribution in [2.75, 3.05) is 17.1 Å². The van der Waals surface area contributed by atoms with E-state index < -0.39 is 26.3 Å². The van der Waals surface area contributed by atoms with Crippen molar-refractivity contribution in [1.29, 1.82) is 0 Å². The van der Waals surface area contributed by atoms with Crippen LogP contribution in [-0.2, 0) is 20.2 Å². The van der Waals surface area contributed by atoms with Gasteiger partial charge in [-0.25, -0.2) is 8.42 Å². The zero-order chi connectivity index (χ0) is 16.5. The Morgan fingerprint density at radius 2 is 1.82 bits per heavy atom. The summed E-state index contributed by atoms with van der Waals surface area (Å²) in [5.41, 5.74) is 1.18. The predicted molar refractivity (Wildman–Crippen MR) is 86.3 cm³/mol. The molecule has 22 heavy (non-hydrogen) atoms. The van der Waals surface area contributed by atoms with E-state index in [2.05, 4.69) is 9.44 Å². The van der Waals surface area contributed by atoms with Gasteiger partial charge in [-0.2, -0.15) is 17.9 Å². The van der Waals surface area contributed by atoms with Crippen LogP contribution >= 0.6 is 0 Å². The summed E-state index contributed by atoms with van der Waals surface area (Å²) >= 11 is 0. The van der Waals surface area contributed by atoms with Crippen LogP contribution in [0.15, 0.2) is 24.3 Å². The van der Waals surface area contributed by atoms with E-state index in [1.807, 2.05) is 0 Å². The number of hydrogen-bond acceptors (Lipinski definition) is 4. The Kier molecular flexibility index (Phi) is 4.81. The molecule has 2 N–H and O–H groups in total. The lowest BCUT2D eigenvalue weighted by atomic mass is 9.99. The van der Waals surface area contributed by atoms with Gasteiger partial charge in [-0.1, -0.05) is 18.2 Å². The normalized spacial score (nSPS) is 19.3. The molecule has 0 bridgehead atoms. The average molecular weight is 347 g/mol. The van der Waals surface area contributed by atoms with Gasteiger partial charge in [0.1, 0.15) is 0 Å². The summed E-state index contributed by atoms with van der Waals surface area (Å²) < 4.78 is 54.2. The summed E-state index contributed by atoms with van der Waals surface area (Å²) in [7, 11) is -7.03. The van der Waals surface area contributed by atoms with E-state index in [0.717, 1.165) is 6.26 Å². The second-order valence-electron chi connectivity index (χ2n) is 5.63. The lowest BCUT2D eigenvalue weighted by Crippen LogP contribution is -2.45. The van der Waals surface area contributed by atoms with Gasteiger partial charge in [-0.3, -0.25) is 4.31 Å². The fraction of sp³-hybridized carbons (Fsp3) is 0.538. The molecule has 1 aliphatic rings. The lowest BCUT2D eigenvalue weighted by Gasteiger charge is -2.34. The summed E-state index contributed by atoms with van der Waals surface area (Å²) in [6.07, 6.45) is 1.53. The van der Waals surface area contributed by atoms with Gasteiger partial charge in [-0.05, 0) is 31.9 Å². The Bertz CT molecular complexity index is 744. The molecule has 1 atom stereocenters. The summed E-state index contributed by atoms with van der Waals surface area (Å²) in [5.74, 6) is 0. The van der Waals surface area contributed by atoms with E-state index in [1.165, 1.54) is 4.31 Å². The van der Waals surface area contributed by atoms with Crippen LogP contribution in [0.2, 0.25) is 0 Å². The molecule has 0 radical (unpaired) electrons. The molecule has 0 saturated heterocycles. The van der Waals surface area contributed by atoms with Gasteiger partial charge in [-0.15, -0.1) is 0 Å². The fourth-order valence-electron chi connectivity index (χ4n) is 2.53. The zero-order valence-electron chi connectivity index (χ0n) is 12.8. The number of fused-ring (bicyclic) bond motifs is 1. The van der Waals surface area contributed by atoms with Crippen LogP contribution in [0.4, 0.5) is 5.69 Å². The third-order valence-electron chi connectivity index (χ3n) is 3.29. The minimum absolute atomic E-state index is 0.219. The number of sulfonamides is 1. The minimum atomic E-state index is -3.64. The van der Waals surface area contributed by atoms with Gasteiger partial charge in [0.15, 0.2) is 0 Å². The maximum atomic E-state index is 12.0. The number of rotatable bonds is 5. The Hall–Kier alpha value is -1.16. The molecule has 2 rings (SSSR count). The van der Waals surface area contributed by atoms with Gasteiger partial charge in [0.25, 0.3) is 10.2 Å². The largest absolute Gasteiger partial charge is 0.277 e. The van der Waals surface area contributed by atoms with Gasteiger partial charge in [0.05, 0.1) is 18.0 Å². The SMILES string of the molecule is CC(C)NS(=O)(=O)NC1CCN(S(C)(=O)=O)c2ccccc21. The third kappa shape index (κ3) is 3.97. The highest BCUT2D eigenvalue weighted by Crippen LogP contribution is 2.35. The van der Waals surface area contributed by atoms with Crippen molar-refractivity contribution < 1.29 is 16.8 Å². The van der Waals surface area contributed by atoms with Crippen molar-refractivity contribution in [2.45, 2.75) is 32.4 Å². The van der Waals surface area contributed by atoms with Crippen molar-refractivity contribution in [2.24, 2.45) is 0 Å². The van der Waals surface area contributed by atoms with Gasteiger partial charge >= 0.3 is 0 Å². The molecule has 1 unspecified atom stereocenters.